The number of hydrogen-bond acceptors (Lipinski definition) is 3. The van der Waals surface area contributed by atoms with Crippen LogP contribution in [0.5, 0.6) is 0 Å². The van der Waals surface area contributed by atoms with Crippen LogP contribution in [0, 0.1) is 0 Å². The highest BCUT2D eigenvalue weighted by Crippen LogP contribution is 2.20. The molecule has 3 rings (SSSR count). The Morgan fingerprint density at radius 3 is 2.39 bits per heavy atom. The highest BCUT2D eigenvalue weighted by atomic mass is 16.1. The van der Waals surface area contributed by atoms with Gasteiger partial charge in [0.2, 0.25) is 0 Å². The van der Waals surface area contributed by atoms with Crippen molar-refractivity contribution in [1.82, 2.24) is 9.97 Å². The fraction of sp³-hybridized carbons (Fsp3) is 0.0714. The molecular formula is C14H12N2O2. The Hall–Kier alpha value is -2.49. The molecule has 0 bridgehead atoms. The zero-order chi connectivity index (χ0) is 13.0. The van der Waals surface area contributed by atoms with Gasteiger partial charge >= 0.3 is 0 Å². The summed E-state index contributed by atoms with van der Waals surface area (Å²) in [5.74, 6) is -0.122. The Balaban J connectivity index is 0.000000202. The summed E-state index contributed by atoms with van der Waals surface area (Å²) >= 11 is 0. The summed E-state index contributed by atoms with van der Waals surface area (Å²) in [4.78, 5) is 29.4. The maximum absolute atomic E-state index is 11.5. The van der Waals surface area contributed by atoms with Gasteiger partial charge in [-0.15, -0.1) is 0 Å². The molecule has 1 aromatic carbocycles. The summed E-state index contributed by atoms with van der Waals surface area (Å²) in [6.45, 7) is 1.66. The van der Waals surface area contributed by atoms with Gasteiger partial charge in [-0.3, -0.25) is 9.59 Å². The van der Waals surface area contributed by atoms with Crippen LogP contribution in [-0.4, -0.2) is 21.5 Å². The van der Waals surface area contributed by atoms with E-state index in [9.17, 15) is 9.59 Å². The molecule has 0 saturated carbocycles. The van der Waals surface area contributed by atoms with Crippen LogP contribution in [-0.2, 0) is 0 Å². The third-order valence-electron chi connectivity index (χ3n) is 2.55. The summed E-state index contributed by atoms with van der Waals surface area (Å²) in [6.07, 6.45) is 6.48. The van der Waals surface area contributed by atoms with E-state index in [1.54, 1.807) is 49.9 Å². The van der Waals surface area contributed by atoms with E-state index < -0.39 is 0 Å². The number of fused-ring (bicyclic) bond motifs is 1. The zero-order valence-electron chi connectivity index (χ0n) is 9.88. The van der Waals surface area contributed by atoms with Crippen molar-refractivity contribution in [3.63, 3.8) is 0 Å². The van der Waals surface area contributed by atoms with Crippen molar-refractivity contribution in [2.75, 3.05) is 0 Å². The van der Waals surface area contributed by atoms with Crippen LogP contribution in [0.1, 0.15) is 27.6 Å². The lowest BCUT2D eigenvalue weighted by Crippen LogP contribution is -2.14. The minimum Gasteiger partial charge on any atom is -0.351 e. The number of carbonyl (C=O) groups excluding carboxylic acids is 2. The Kier molecular flexibility index (Phi) is 3.48. The lowest BCUT2D eigenvalue weighted by molar-refractivity contribution is 0.0984. The predicted octanol–water partition coefficient (Wildman–Crippen LogP) is 2.42. The first-order valence-electron chi connectivity index (χ1n) is 5.49. The molecule has 4 heteroatoms. The molecule has 1 aliphatic carbocycles. The van der Waals surface area contributed by atoms with Crippen LogP contribution < -0.4 is 0 Å². The molecule has 0 atom stereocenters. The summed E-state index contributed by atoms with van der Waals surface area (Å²) in [6, 6.07) is 6.89. The second-order valence-electron chi connectivity index (χ2n) is 3.83. The number of Topliss-reactive ketones (excluding diaryl/α,β-unsaturated/α-hetero) is 1. The second kappa shape index (κ2) is 5.23. The Labute approximate surface area is 104 Å². The number of ketones is 2. The van der Waals surface area contributed by atoms with Gasteiger partial charge in [-0.25, -0.2) is 4.98 Å². The van der Waals surface area contributed by atoms with Crippen molar-refractivity contribution < 1.29 is 9.59 Å². The number of aromatic amines is 1. The zero-order valence-corrected chi connectivity index (χ0v) is 9.88. The number of nitrogens with one attached hydrogen (secondary N) is 1. The number of hydrogen-bond donors (Lipinski definition) is 1. The van der Waals surface area contributed by atoms with E-state index in [1.165, 1.54) is 6.08 Å². The summed E-state index contributed by atoms with van der Waals surface area (Å²) in [7, 11) is 0. The SMILES string of the molecule is CC1=CC(=O)c2ccccc2C1=O.c1c[nH]cn1. The molecule has 0 fully saturated rings. The van der Waals surface area contributed by atoms with Gasteiger partial charge < -0.3 is 4.98 Å². The summed E-state index contributed by atoms with van der Waals surface area (Å²) in [5, 5.41) is 0. The van der Waals surface area contributed by atoms with E-state index in [0.717, 1.165) is 0 Å². The van der Waals surface area contributed by atoms with Crippen LogP contribution in [0.3, 0.4) is 0 Å². The maximum Gasteiger partial charge on any atom is 0.189 e. The number of carbonyl (C=O) groups is 2. The molecule has 0 aliphatic heterocycles. The molecule has 1 N–H and O–H groups in total. The number of nitrogens with zero attached hydrogens (tertiary/aromatic N) is 1. The predicted molar refractivity (Wildman–Crippen MR) is 67.4 cm³/mol. The molecule has 18 heavy (non-hydrogen) atoms. The highest BCUT2D eigenvalue weighted by Gasteiger charge is 2.21. The number of H-pyrrole nitrogens is 1. The van der Waals surface area contributed by atoms with Crippen molar-refractivity contribution in [1.29, 1.82) is 0 Å². The minimum atomic E-state index is -0.0762. The number of benzene rings is 1. The Bertz CT molecular complexity index is 581. The molecule has 0 unspecified atom stereocenters. The van der Waals surface area contributed by atoms with Gasteiger partial charge in [0.25, 0.3) is 0 Å². The summed E-state index contributed by atoms with van der Waals surface area (Å²) in [5.41, 5.74) is 1.55. The molecule has 1 heterocycles. The standard InChI is InChI=1S/C11H8O2.C3H4N2/c1-7-6-10(12)8-4-2-3-5-9(8)11(7)13;1-2-5-3-4-1/h2-6H,1H3;1-3H,(H,4,5). The van der Waals surface area contributed by atoms with Crippen molar-refractivity contribution in [2.45, 2.75) is 6.92 Å². The molecule has 0 radical (unpaired) electrons. The molecule has 2 aromatic rings. The van der Waals surface area contributed by atoms with Crippen LogP contribution in [0.25, 0.3) is 0 Å². The smallest absolute Gasteiger partial charge is 0.189 e. The monoisotopic (exact) mass is 240 g/mol. The van der Waals surface area contributed by atoms with Gasteiger partial charge in [0.1, 0.15) is 0 Å². The maximum atomic E-state index is 11.5. The average molecular weight is 240 g/mol. The normalized spacial score (nSPS) is 13.3. The third-order valence-corrected chi connectivity index (χ3v) is 2.55. The van der Waals surface area contributed by atoms with Gasteiger partial charge in [-0.1, -0.05) is 24.3 Å². The van der Waals surface area contributed by atoms with E-state index in [2.05, 4.69) is 9.97 Å². The first kappa shape index (κ1) is 12.0. The Morgan fingerprint density at radius 2 is 1.83 bits per heavy atom. The number of allylic oxidation sites excluding steroid dienone is 2. The first-order chi connectivity index (χ1) is 8.70. The molecule has 0 saturated heterocycles. The van der Waals surface area contributed by atoms with Gasteiger partial charge in [0.15, 0.2) is 11.6 Å². The van der Waals surface area contributed by atoms with Crippen molar-refractivity contribution in [3.8, 4) is 0 Å². The summed E-state index contributed by atoms with van der Waals surface area (Å²) < 4.78 is 0. The minimum absolute atomic E-state index is 0.0461. The van der Waals surface area contributed by atoms with E-state index in [0.29, 0.717) is 16.7 Å². The molecule has 1 aromatic heterocycles. The van der Waals surface area contributed by atoms with Crippen molar-refractivity contribution in [3.05, 3.63) is 65.8 Å². The van der Waals surface area contributed by atoms with Crippen molar-refractivity contribution in [2.24, 2.45) is 0 Å². The lowest BCUT2D eigenvalue weighted by atomic mass is 9.90. The molecule has 1 aliphatic rings. The van der Waals surface area contributed by atoms with Gasteiger partial charge in [-0.05, 0) is 13.0 Å². The molecular weight excluding hydrogens is 228 g/mol. The van der Waals surface area contributed by atoms with Crippen LogP contribution >= 0.6 is 0 Å². The van der Waals surface area contributed by atoms with Crippen LogP contribution in [0.4, 0.5) is 0 Å². The van der Waals surface area contributed by atoms with E-state index in [1.807, 2.05) is 0 Å². The third kappa shape index (κ3) is 2.43. The lowest BCUT2D eigenvalue weighted by Gasteiger charge is -2.11. The molecule has 0 spiro atoms. The van der Waals surface area contributed by atoms with Gasteiger partial charge in [-0.2, -0.15) is 0 Å². The van der Waals surface area contributed by atoms with Crippen LogP contribution in [0.15, 0.2) is 54.6 Å². The molecule has 4 nitrogen and oxygen atoms in total. The highest BCUT2D eigenvalue weighted by molar-refractivity contribution is 6.24. The quantitative estimate of drug-likeness (QED) is 0.769. The van der Waals surface area contributed by atoms with E-state index in [4.69, 9.17) is 0 Å². The largest absolute Gasteiger partial charge is 0.351 e. The average Bonchev–Trinajstić information content (AvgIpc) is 2.95. The van der Waals surface area contributed by atoms with Gasteiger partial charge in [0, 0.05) is 29.1 Å². The van der Waals surface area contributed by atoms with Crippen LogP contribution in [0.2, 0.25) is 0 Å². The number of rotatable bonds is 0. The van der Waals surface area contributed by atoms with E-state index in [-0.39, 0.29) is 11.6 Å². The van der Waals surface area contributed by atoms with E-state index >= 15 is 0 Å². The number of aromatic nitrogens is 2. The fourth-order valence-electron chi connectivity index (χ4n) is 1.66. The van der Waals surface area contributed by atoms with Crippen molar-refractivity contribution >= 4 is 11.6 Å². The first-order valence-corrected chi connectivity index (χ1v) is 5.49. The second-order valence-corrected chi connectivity index (χ2v) is 3.83. The molecule has 0 amide bonds. The Morgan fingerprint density at radius 1 is 1.11 bits per heavy atom. The fourth-order valence-corrected chi connectivity index (χ4v) is 1.66. The number of imidazole rings is 1. The van der Waals surface area contributed by atoms with Gasteiger partial charge in [0.05, 0.1) is 6.33 Å². The topological polar surface area (TPSA) is 62.8 Å². The molecule has 90 valence electrons.